The lowest BCUT2D eigenvalue weighted by Crippen LogP contribution is -2.68. The summed E-state index contributed by atoms with van der Waals surface area (Å²) in [5, 5.41) is 9.25. The van der Waals surface area contributed by atoms with Crippen LogP contribution in [0.4, 0.5) is 0 Å². The van der Waals surface area contributed by atoms with E-state index in [0.29, 0.717) is 12.5 Å². The Morgan fingerprint density at radius 1 is 1.44 bits per heavy atom. The molecule has 0 aliphatic carbocycles. The third kappa shape index (κ3) is 2.15. The van der Waals surface area contributed by atoms with Gasteiger partial charge in [-0.3, -0.25) is 9.69 Å². The fourth-order valence-electron chi connectivity index (χ4n) is 2.72. The largest absolute Gasteiger partial charge is 0.480 e. The van der Waals surface area contributed by atoms with Crippen LogP contribution in [0.5, 0.6) is 0 Å². The zero-order chi connectivity index (χ0) is 13.3. The van der Waals surface area contributed by atoms with Crippen LogP contribution in [0.15, 0.2) is 30.3 Å². The minimum absolute atomic E-state index is 0.00109. The van der Waals surface area contributed by atoms with Crippen LogP contribution in [0, 0.1) is 5.92 Å². The molecule has 18 heavy (non-hydrogen) atoms. The van der Waals surface area contributed by atoms with Gasteiger partial charge in [-0.05, 0) is 24.8 Å². The highest BCUT2D eigenvalue weighted by atomic mass is 16.4. The molecule has 1 aromatic rings. The number of aliphatic carboxylic acids is 1. The Kier molecular flexibility index (Phi) is 3.44. The van der Waals surface area contributed by atoms with Crippen molar-refractivity contribution < 1.29 is 9.90 Å². The molecule has 3 nitrogen and oxygen atoms in total. The minimum Gasteiger partial charge on any atom is -0.480 e. The first kappa shape index (κ1) is 13.1. The van der Waals surface area contributed by atoms with E-state index in [-0.39, 0.29) is 11.6 Å². The average Bonchev–Trinajstić information content (AvgIpc) is 2.33. The van der Waals surface area contributed by atoms with Gasteiger partial charge in [-0.15, -0.1) is 0 Å². The van der Waals surface area contributed by atoms with Gasteiger partial charge in [-0.1, -0.05) is 44.2 Å². The summed E-state index contributed by atoms with van der Waals surface area (Å²) in [6.45, 7) is 7.21. The highest BCUT2D eigenvalue weighted by molar-refractivity contribution is 5.75. The zero-order valence-corrected chi connectivity index (χ0v) is 11.3. The molecule has 1 fully saturated rings. The van der Waals surface area contributed by atoms with Crippen LogP contribution in [-0.4, -0.2) is 27.6 Å². The fourth-order valence-corrected chi connectivity index (χ4v) is 2.72. The number of nitrogens with zero attached hydrogens (tertiary/aromatic N) is 1. The van der Waals surface area contributed by atoms with Crippen molar-refractivity contribution in [3.8, 4) is 0 Å². The third-order valence-electron chi connectivity index (χ3n) is 4.36. The van der Waals surface area contributed by atoms with Gasteiger partial charge in [-0.2, -0.15) is 0 Å². The molecule has 98 valence electrons. The Bertz CT molecular complexity index is 429. The van der Waals surface area contributed by atoms with E-state index in [0.717, 1.165) is 6.42 Å². The summed E-state index contributed by atoms with van der Waals surface area (Å²) < 4.78 is 0. The molecule has 0 spiro atoms. The molecular weight excluding hydrogens is 226 g/mol. The zero-order valence-electron chi connectivity index (χ0n) is 11.3. The van der Waals surface area contributed by atoms with Crippen molar-refractivity contribution in [1.29, 1.82) is 0 Å². The van der Waals surface area contributed by atoms with E-state index in [9.17, 15) is 9.90 Å². The molecule has 3 heteroatoms. The SMILES string of the molecule is CC(C)C1(C)CC(C(=O)O)N1Cc1ccccc1. The molecule has 0 saturated carbocycles. The smallest absolute Gasteiger partial charge is 0.321 e. The molecule has 0 bridgehead atoms. The summed E-state index contributed by atoms with van der Waals surface area (Å²) in [7, 11) is 0. The van der Waals surface area contributed by atoms with Gasteiger partial charge in [0.25, 0.3) is 0 Å². The van der Waals surface area contributed by atoms with Crippen LogP contribution in [0.2, 0.25) is 0 Å². The first-order valence-electron chi connectivity index (χ1n) is 6.48. The molecule has 1 N–H and O–H groups in total. The number of benzene rings is 1. The van der Waals surface area contributed by atoms with E-state index < -0.39 is 5.97 Å². The Morgan fingerprint density at radius 2 is 2.06 bits per heavy atom. The number of hydrogen-bond donors (Lipinski definition) is 1. The van der Waals surface area contributed by atoms with Gasteiger partial charge in [0.15, 0.2) is 0 Å². The van der Waals surface area contributed by atoms with E-state index in [2.05, 4.69) is 37.8 Å². The fraction of sp³-hybridized carbons (Fsp3) is 0.533. The summed E-state index contributed by atoms with van der Waals surface area (Å²) in [5.74, 6) is -0.249. The number of carboxylic acids is 1. The van der Waals surface area contributed by atoms with Crippen molar-refractivity contribution >= 4 is 5.97 Å². The van der Waals surface area contributed by atoms with Crippen molar-refractivity contribution in [1.82, 2.24) is 4.90 Å². The molecular formula is C15H21NO2. The monoisotopic (exact) mass is 247 g/mol. The maximum absolute atomic E-state index is 11.3. The number of hydrogen-bond acceptors (Lipinski definition) is 2. The number of rotatable bonds is 4. The summed E-state index contributed by atoms with van der Waals surface area (Å²) in [6, 6.07) is 9.75. The second kappa shape index (κ2) is 4.73. The Morgan fingerprint density at radius 3 is 2.56 bits per heavy atom. The van der Waals surface area contributed by atoms with Gasteiger partial charge in [-0.25, -0.2) is 0 Å². The van der Waals surface area contributed by atoms with E-state index in [1.54, 1.807) is 0 Å². The predicted molar refractivity (Wildman–Crippen MR) is 71.3 cm³/mol. The maximum atomic E-state index is 11.3. The number of carboxylic acid groups (broad SMARTS) is 1. The lowest BCUT2D eigenvalue weighted by molar-refractivity contribution is -0.166. The van der Waals surface area contributed by atoms with Crippen LogP contribution in [0.3, 0.4) is 0 Å². The summed E-state index contributed by atoms with van der Waals surface area (Å²) in [4.78, 5) is 13.4. The molecule has 1 aliphatic rings. The van der Waals surface area contributed by atoms with Gasteiger partial charge < -0.3 is 5.11 Å². The molecule has 1 saturated heterocycles. The summed E-state index contributed by atoms with van der Waals surface area (Å²) >= 11 is 0. The molecule has 0 aromatic heterocycles. The standard InChI is InChI=1S/C15H21NO2/c1-11(2)15(3)9-13(14(17)18)16(15)10-12-7-5-4-6-8-12/h4-8,11,13H,9-10H2,1-3H3,(H,17,18). The van der Waals surface area contributed by atoms with E-state index >= 15 is 0 Å². The number of carbonyl (C=O) groups is 1. The van der Waals surface area contributed by atoms with Crippen molar-refractivity contribution in [3.63, 3.8) is 0 Å². The van der Waals surface area contributed by atoms with E-state index in [4.69, 9.17) is 0 Å². The molecule has 2 unspecified atom stereocenters. The van der Waals surface area contributed by atoms with E-state index in [1.165, 1.54) is 5.56 Å². The Balaban J connectivity index is 2.18. The molecule has 0 amide bonds. The maximum Gasteiger partial charge on any atom is 0.321 e. The molecule has 1 aliphatic heterocycles. The van der Waals surface area contributed by atoms with Gasteiger partial charge in [0.1, 0.15) is 6.04 Å². The van der Waals surface area contributed by atoms with Crippen LogP contribution in [-0.2, 0) is 11.3 Å². The second-order valence-corrected chi connectivity index (χ2v) is 5.68. The van der Waals surface area contributed by atoms with Crippen LogP contribution < -0.4 is 0 Å². The van der Waals surface area contributed by atoms with Crippen molar-refractivity contribution in [3.05, 3.63) is 35.9 Å². The van der Waals surface area contributed by atoms with Crippen molar-refractivity contribution in [2.75, 3.05) is 0 Å². The third-order valence-corrected chi connectivity index (χ3v) is 4.36. The summed E-state index contributed by atoms with van der Waals surface area (Å²) in [5.41, 5.74) is 1.18. The van der Waals surface area contributed by atoms with Crippen molar-refractivity contribution in [2.45, 2.75) is 45.3 Å². The molecule has 0 radical (unpaired) electrons. The van der Waals surface area contributed by atoms with Gasteiger partial charge in [0.2, 0.25) is 0 Å². The Hall–Kier alpha value is -1.35. The van der Waals surface area contributed by atoms with Crippen molar-refractivity contribution in [2.24, 2.45) is 5.92 Å². The topological polar surface area (TPSA) is 40.5 Å². The molecule has 1 aromatic carbocycles. The first-order valence-corrected chi connectivity index (χ1v) is 6.48. The highest BCUT2D eigenvalue weighted by Crippen LogP contribution is 2.43. The van der Waals surface area contributed by atoms with E-state index in [1.807, 2.05) is 18.2 Å². The lowest BCUT2D eigenvalue weighted by atomic mass is 9.72. The van der Waals surface area contributed by atoms with Gasteiger partial charge in [0, 0.05) is 12.1 Å². The minimum atomic E-state index is -0.705. The molecule has 2 atom stereocenters. The summed E-state index contributed by atoms with van der Waals surface area (Å²) in [6.07, 6.45) is 0.743. The second-order valence-electron chi connectivity index (χ2n) is 5.68. The molecule has 2 rings (SSSR count). The average molecular weight is 247 g/mol. The Labute approximate surface area is 108 Å². The van der Waals surface area contributed by atoms with Gasteiger partial charge in [0.05, 0.1) is 0 Å². The molecule has 1 heterocycles. The quantitative estimate of drug-likeness (QED) is 0.889. The van der Waals surface area contributed by atoms with Crippen LogP contribution >= 0.6 is 0 Å². The van der Waals surface area contributed by atoms with Crippen LogP contribution in [0.25, 0.3) is 0 Å². The normalized spacial score (nSPS) is 28.1. The predicted octanol–water partition coefficient (Wildman–Crippen LogP) is 2.76. The number of likely N-dealkylation sites (tertiary alicyclic amines) is 1. The van der Waals surface area contributed by atoms with Gasteiger partial charge >= 0.3 is 5.97 Å². The van der Waals surface area contributed by atoms with Crippen LogP contribution in [0.1, 0.15) is 32.8 Å². The highest BCUT2D eigenvalue weighted by Gasteiger charge is 2.52. The first-order chi connectivity index (χ1) is 8.45. The lowest BCUT2D eigenvalue weighted by Gasteiger charge is -2.57.